The molecule has 1 aliphatic rings. The molecule has 0 heteroatoms. The molecule has 14 heavy (non-hydrogen) atoms. The third kappa shape index (κ3) is 6.94. The molecule has 0 fully saturated rings. The van der Waals surface area contributed by atoms with Crippen molar-refractivity contribution < 1.29 is 0 Å². The van der Waals surface area contributed by atoms with Crippen LogP contribution in [0.25, 0.3) is 0 Å². The van der Waals surface area contributed by atoms with Gasteiger partial charge in [0.1, 0.15) is 0 Å². The van der Waals surface area contributed by atoms with Gasteiger partial charge < -0.3 is 0 Å². The van der Waals surface area contributed by atoms with Gasteiger partial charge in [-0.05, 0) is 51.4 Å². The van der Waals surface area contributed by atoms with Crippen LogP contribution < -0.4 is 0 Å². The molecule has 0 aromatic carbocycles. The summed E-state index contributed by atoms with van der Waals surface area (Å²) < 4.78 is 0. The van der Waals surface area contributed by atoms with Gasteiger partial charge in [0.2, 0.25) is 0 Å². The van der Waals surface area contributed by atoms with Crippen molar-refractivity contribution in [2.24, 2.45) is 0 Å². The first-order valence-corrected chi connectivity index (χ1v) is 6.30. The lowest BCUT2D eigenvalue weighted by atomic mass is 10.1. The van der Waals surface area contributed by atoms with E-state index in [2.05, 4.69) is 24.3 Å². The molecule has 0 atom stereocenters. The van der Waals surface area contributed by atoms with Crippen molar-refractivity contribution in [2.75, 3.05) is 0 Å². The maximum Gasteiger partial charge on any atom is -0.0351 e. The molecule has 80 valence electrons. The van der Waals surface area contributed by atoms with Gasteiger partial charge in [0.25, 0.3) is 0 Å². The van der Waals surface area contributed by atoms with Crippen LogP contribution in [0.4, 0.5) is 0 Å². The van der Waals surface area contributed by atoms with Gasteiger partial charge >= 0.3 is 0 Å². The van der Waals surface area contributed by atoms with Gasteiger partial charge in [0.05, 0.1) is 0 Å². The first-order valence-electron chi connectivity index (χ1n) is 6.30. The van der Waals surface area contributed by atoms with E-state index in [4.69, 9.17) is 0 Å². The Hall–Kier alpha value is -0.520. The zero-order valence-electron chi connectivity index (χ0n) is 9.38. The minimum atomic E-state index is 1.30. The van der Waals surface area contributed by atoms with Crippen LogP contribution in [0.15, 0.2) is 24.3 Å². The average Bonchev–Trinajstić information content (AvgIpc) is 2.22. The molecular formula is C14H24. The van der Waals surface area contributed by atoms with Gasteiger partial charge in [-0.3, -0.25) is 0 Å². The Labute approximate surface area is 89.1 Å². The van der Waals surface area contributed by atoms with Crippen molar-refractivity contribution in [3.05, 3.63) is 24.3 Å². The van der Waals surface area contributed by atoms with E-state index >= 15 is 0 Å². The van der Waals surface area contributed by atoms with E-state index in [1.165, 1.54) is 64.2 Å². The van der Waals surface area contributed by atoms with Crippen LogP contribution >= 0.6 is 0 Å². The number of allylic oxidation sites excluding steroid dienone is 4. The quantitative estimate of drug-likeness (QED) is 0.473. The highest BCUT2D eigenvalue weighted by Crippen LogP contribution is 2.09. The molecule has 0 heterocycles. The lowest BCUT2D eigenvalue weighted by Crippen LogP contribution is -1.78. The maximum absolute atomic E-state index is 2.38. The summed E-state index contributed by atoms with van der Waals surface area (Å²) in [5, 5.41) is 0. The van der Waals surface area contributed by atoms with Crippen LogP contribution in [0.5, 0.6) is 0 Å². The molecule has 0 aromatic rings. The Bertz CT molecular complexity index is 129. The molecule has 0 radical (unpaired) electrons. The number of hydrogen-bond donors (Lipinski definition) is 0. The second-order valence-corrected chi connectivity index (χ2v) is 4.22. The molecule has 0 saturated carbocycles. The highest BCUT2D eigenvalue weighted by atomic mass is 14.0. The second-order valence-electron chi connectivity index (χ2n) is 4.22. The average molecular weight is 192 g/mol. The summed E-state index contributed by atoms with van der Waals surface area (Å²) in [5.41, 5.74) is 0. The molecule has 0 amide bonds. The van der Waals surface area contributed by atoms with E-state index in [0.29, 0.717) is 0 Å². The molecule has 1 rings (SSSR count). The summed E-state index contributed by atoms with van der Waals surface area (Å²) >= 11 is 0. The topological polar surface area (TPSA) is 0 Å². The molecule has 0 nitrogen and oxygen atoms in total. The Kier molecular flexibility index (Phi) is 7.47. The van der Waals surface area contributed by atoms with Gasteiger partial charge in [0, 0.05) is 0 Å². The molecule has 0 N–H and O–H groups in total. The van der Waals surface area contributed by atoms with Gasteiger partial charge in [-0.25, -0.2) is 0 Å². The van der Waals surface area contributed by atoms with Crippen LogP contribution in [0.1, 0.15) is 64.2 Å². The van der Waals surface area contributed by atoms with Gasteiger partial charge in [-0.1, -0.05) is 37.1 Å². The van der Waals surface area contributed by atoms with Crippen molar-refractivity contribution in [3.8, 4) is 0 Å². The zero-order valence-corrected chi connectivity index (χ0v) is 9.38. The van der Waals surface area contributed by atoms with Crippen LogP contribution in [-0.4, -0.2) is 0 Å². The molecule has 0 unspecified atom stereocenters. The fourth-order valence-corrected chi connectivity index (χ4v) is 1.87. The Morgan fingerprint density at radius 1 is 0.357 bits per heavy atom. The van der Waals surface area contributed by atoms with Gasteiger partial charge in [-0.15, -0.1) is 0 Å². The minimum absolute atomic E-state index is 1.30. The molecule has 0 bridgehead atoms. The Morgan fingerprint density at radius 3 is 0.929 bits per heavy atom. The molecular weight excluding hydrogens is 168 g/mol. The van der Waals surface area contributed by atoms with Gasteiger partial charge in [0.15, 0.2) is 0 Å². The highest BCUT2D eigenvalue weighted by Gasteiger charge is 1.89. The SMILES string of the molecule is C1=C\CCCCC/C=C/CCCCC/1. The summed E-state index contributed by atoms with van der Waals surface area (Å²) in [6.07, 6.45) is 23.0. The van der Waals surface area contributed by atoms with Crippen LogP contribution in [0.2, 0.25) is 0 Å². The van der Waals surface area contributed by atoms with Crippen molar-refractivity contribution in [2.45, 2.75) is 64.2 Å². The molecule has 0 aliphatic heterocycles. The summed E-state index contributed by atoms with van der Waals surface area (Å²) in [6, 6.07) is 0. The smallest absolute Gasteiger partial charge is 0.0351 e. The van der Waals surface area contributed by atoms with E-state index in [1.807, 2.05) is 0 Å². The van der Waals surface area contributed by atoms with Crippen molar-refractivity contribution in [1.82, 2.24) is 0 Å². The maximum atomic E-state index is 2.38. The number of hydrogen-bond acceptors (Lipinski definition) is 0. The van der Waals surface area contributed by atoms with Gasteiger partial charge in [-0.2, -0.15) is 0 Å². The fraction of sp³-hybridized carbons (Fsp3) is 0.714. The second kappa shape index (κ2) is 9.05. The van der Waals surface area contributed by atoms with Crippen molar-refractivity contribution in [3.63, 3.8) is 0 Å². The third-order valence-corrected chi connectivity index (χ3v) is 2.82. The van der Waals surface area contributed by atoms with E-state index in [-0.39, 0.29) is 0 Å². The van der Waals surface area contributed by atoms with E-state index < -0.39 is 0 Å². The first-order chi connectivity index (χ1) is 7.00. The van der Waals surface area contributed by atoms with E-state index in [1.54, 1.807) is 0 Å². The lowest BCUT2D eigenvalue weighted by Gasteiger charge is -1.98. The molecule has 0 saturated heterocycles. The minimum Gasteiger partial charge on any atom is -0.0885 e. The largest absolute Gasteiger partial charge is 0.0885 e. The fourth-order valence-electron chi connectivity index (χ4n) is 1.87. The normalized spacial score (nSPS) is 26.3. The van der Waals surface area contributed by atoms with Crippen LogP contribution in [0.3, 0.4) is 0 Å². The predicted molar refractivity (Wildman–Crippen MR) is 64.5 cm³/mol. The van der Waals surface area contributed by atoms with Crippen LogP contribution in [0, 0.1) is 0 Å². The molecule has 0 aromatic heterocycles. The van der Waals surface area contributed by atoms with E-state index in [0.717, 1.165) is 0 Å². The summed E-state index contributed by atoms with van der Waals surface area (Å²) in [4.78, 5) is 0. The van der Waals surface area contributed by atoms with Crippen LogP contribution in [-0.2, 0) is 0 Å². The summed E-state index contributed by atoms with van der Waals surface area (Å²) in [7, 11) is 0. The Balaban J connectivity index is 2.15. The summed E-state index contributed by atoms with van der Waals surface area (Å²) in [6.45, 7) is 0. The molecule has 1 aliphatic carbocycles. The standard InChI is InChI=1S/C14H24/c1-2-4-6-8-10-12-14-13-11-9-7-5-3-1/h1-2,13-14H,3-12H2/b2-1-,14-13+. The summed E-state index contributed by atoms with van der Waals surface area (Å²) in [5.74, 6) is 0. The van der Waals surface area contributed by atoms with E-state index in [9.17, 15) is 0 Å². The molecule has 0 spiro atoms. The van der Waals surface area contributed by atoms with Crippen molar-refractivity contribution in [1.29, 1.82) is 0 Å². The third-order valence-electron chi connectivity index (χ3n) is 2.82. The highest BCUT2D eigenvalue weighted by molar-refractivity contribution is 4.84. The first kappa shape index (κ1) is 11.6. The predicted octanol–water partition coefficient (Wildman–Crippen LogP) is 5.01. The van der Waals surface area contributed by atoms with Crippen molar-refractivity contribution >= 4 is 0 Å². The zero-order chi connectivity index (χ0) is 9.90. The Morgan fingerprint density at radius 2 is 0.643 bits per heavy atom. The monoisotopic (exact) mass is 192 g/mol. The lowest BCUT2D eigenvalue weighted by molar-refractivity contribution is 0.675. The number of rotatable bonds is 0.